The maximum atomic E-state index is 12.7. The summed E-state index contributed by atoms with van der Waals surface area (Å²) in [5.74, 6) is 0. The Morgan fingerprint density at radius 1 is 1.04 bits per heavy atom. The van der Waals surface area contributed by atoms with Crippen LogP contribution in [-0.2, 0) is 6.18 Å². The Hall–Kier alpha value is -3.23. The zero-order chi connectivity index (χ0) is 17.2. The maximum Gasteiger partial charge on any atom is 0.416 e. The van der Waals surface area contributed by atoms with Crippen molar-refractivity contribution >= 4 is 11.4 Å². The first kappa shape index (κ1) is 15.7. The summed E-state index contributed by atoms with van der Waals surface area (Å²) in [6.45, 7) is 0. The predicted octanol–water partition coefficient (Wildman–Crippen LogP) is 4.20. The van der Waals surface area contributed by atoms with E-state index in [0.29, 0.717) is 11.3 Å². The molecule has 3 aromatic rings. The largest absolute Gasteiger partial charge is 0.416 e. The minimum absolute atomic E-state index is 0.0115. The van der Waals surface area contributed by atoms with Gasteiger partial charge in [-0.3, -0.25) is 20.0 Å². The molecule has 24 heavy (non-hydrogen) atoms. The molecular formula is C15H10F3N5O. The van der Waals surface area contributed by atoms with E-state index in [-0.39, 0.29) is 11.4 Å². The fourth-order valence-electron chi connectivity index (χ4n) is 2.02. The number of benzene rings is 1. The van der Waals surface area contributed by atoms with Crippen molar-refractivity contribution in [1.29, 1.82) is 0 Å². The third-order valence-electron chi connectivity index (χ3n) is 3.14. The molecule has 0 unspecified atom stereocenters. The summed E-state index contributed by atoms with van der Waals surface area (Å²) in [5, 5.41) is 12.5. The van der Waals surface area contributed by atoms with Crippen LogP contribution in [0.1, 0.15) is 5.56 Å². The molecule has 0 saturated carbocycles. The first-order valence-electron chi connectivity index (χ1n) is 6.75. The van der Waals surface area contributed by atoms with E-state index in [1.165, 1.54) is 18.3 Å². The Balaban J connectivity index is 1.97. The Bertz CT molecular complexity index is 928. The van der Waals surface area contributed by atoms with Crippen LogP contribution in [0.3, 0.4) is 0 Å². The fraction of sp³-hybridized carbons (Fsp3) is 0.0667. The zero-order valence-corrected chi connectivity index (χ0v) is 12.0. The molecule has 1 aromatic carbocycles. The monoisotopic (exact) mass is 333 g/mol. The summed E-state index contributed by atoms with van der Waals surface area (Å²) in [5.41, 5.74) is -0.486. The van der Waals surface area contributed by atoms with Gasteiger partial charge in [0, 0.05) is 18.0 Å². The highest BCUT2D eigenvalue weighted by molar-refractivity contribution is 5.70. The van der Waals surface area contributed by atoms with Crippen molar-refractivity contribution in [3.8, 4) is 11.3 Å². The minimum atomic E-state index is -4.47. The smallest absolute Gasteiger partial charge is 0.295 e. The number of nitrogens with zero attached hydrogens (tertiary/aromatic N) is 3. The average Bonchev–Trinajstić information content (AvgIpc) is 2.94. The summed E-state index contributed by atoms with van der Waals surface area (Å²) in [4.78, 5) is 15.8. The van der Waals surface area contributed by atoms with Gasteiger partial charge in [-0.2, -0.15) is 18.3 Å². The van der Waals surface area contributed by atoms with Crippen LogP contribution in [0.25, 0.3) is 11.3 Å². The Kier molecular flexibility index (Phi) is 3.98. The first-order valence-corrected chi connectivity index (χ1v) is 6.75. The number of azo groups is 1. The number of halogens is 3. The molecular weight excluding hydrogens is 323 g/mol. The van der Waals surface area contributed by atoms with Gasteiger partial charge in [0.05, 0.1) is 16.9 Å². The van der Waals surface area contributed by atoms with E-state index in [2.05, 4.69) is 25.4 Å². The van der Waals surface area contributed by atoms with Gasteiger partial charge in [-0.15, -0.1) is 5.11 Å². The Labute approximate surface area is 133 Å². The molecule has 0 atom stereocenters. The first-order chi connectivity index (χ1) is 11.4. The number of pyridine rings is 1. The van der Waals surface area contributed by atoms with Crippen LogP contribution in [0.15, 0.2) is 63.8 Å². The van der Waals surface area contributed by atoms with E-state index in [4.69, 9.17) is 0 Å². The second-order valence-electron chi connectivity index (χ2n) is 4.79. The van der Waals surface area contributed by atoms with Gasteiger partial charge in [0.1, 0.15) is 0 Å². The van der Waals surface area contributed by atoms with E-state index in [9.17, 15) is 18.0 Å². The lowest BCUT2D eigenvalue weighted by Crippen LogP contribution is -2.03. The molecule has 0 fully saturated rings. The molecule has 0 aliphatic rings. The summed E-state index contributed by atoms with van der Waals surface area (Å²) >= 11 is 0. The number of alkyl halides is 3. The summed E-state index contributed by atoms with van der Waals surface area (Å²) in [7, 11) is 0. The van der Waals surface area contributed by atoms with Crippen LogP contribution in [0.2, 0.25) is 0 Å². The summed E-state index contributed by atoms with van der Waals surface area (Å²) in [6, 6.07) is 7.75. The molecule has 0 bridgehead atoms. The zero-order valence-electron chi connectivity index (χ0n) is 12.0. The van der Waals surface area contributed by atoms with Crippen LogP contribution in [0.5, 0.6) is 0 Å². The SMILES string of the molecule is O=c1[nH][nH]c(-c2cccnc2)c1N=Nc1cccc(C(F)(F)F)c1. The normalized spacial score (nSPS) is 12.0. The van der Waals surface area contributed by atoms with Crippen molar-refractivity contribution in [1.82, 2.24) is 15.2 Å². The number of H-pyrrole nitrogens is 2. The number of hydrogen-bond donors (Lipinski definition) is 2. The highest BCUT2D eigenvalue weighted by Gasteiger charge is 2.30. The summed E-state index contributed by atoms with van der Waals surface area (Å²) < 4.78 is 38.1. The molecule has 2 N–H and O–H groups in total. The maximum absolute atomic E-state index is 12.7. The molecule has 0 saturated heterocycles. The van der Waals surface area contributed by atoms with Gasteiger partial charge in [0.2, 0.25) is 0 Å². The fourth-order valence-corrected chi connectivity index (χ4v) is 2.02. The lowest BCUT2D eigenvalue weighted by Gasteiger charge is -2.05. The minimum Gasteiger partial charge on any atom is -0.295 e. The van der Waals surface area contributed by atoms with E-state index in [0.717, 1.165) is 12.1 Å². The molecule has 0 radical (unpaired) electrons. The van der Waals surface area contributed by atoms with Gasteiger partial charge < -0.3 is 0 Å². The third kappa shape index (κ3) is 3.24. The Morgan fingerprint density at radius 2 is 1.88 bits per heavy atom. The highest BCUT2D eigenvalue weighted by Crippen LogP contribution is 2.32. The lowest BCUT2D eigenvalue weighted by molar-refractivity contribution is -0.137. The van der Waals surface area contributed by atoms with Crippen LogP contribution in [-0.4, -0.2) is 15.2 Å². The molecule has 2 aromatic heterocycles. The van der Waals surface area contributed by atoms with Crippen LogP contribution in [0.4, 0.5) is 24.5 Å². The second kappa shape index (κ2) is 6.11. The van der Waals surface area contributed by atoms with Crippen LogP contribution >= 0.6 is 0 Å². The van der Waals surface area contributed by atoms with Crippen molar-refractivity contribution in [3.63, 3.8) is 0 Å². The van der Waals surface area contributed by atoms with Gasteiger partial charge in [-0.05, 0) is 30.3 Å². The van der Waals surface area contributed by atoms with E-state index >= 15 is 0 Å². The van der Waals surface area contributed by atoms with Crippen molar-refractivity contribution in [2.24, 2.45) is 10.2 Å². The van der Waals surface area contributed by atoms with Gasteiger partial charge in [0.15, 0.2) is 5.69 Å². The number of aromatic amines is 2. The number of hydrogen-bond acceptors (Lipinski definition) is 4. The van der Waals surface area contributed by atoms with Crippen molar-refractivity contribution in [2.45, 2.75) is 6.18 Å². The van der Waals surface area contributed by atoms with Crippen molar-refractivity contribution < 1.29 is 13.2 Å². The van der Waals surface area contributed by atoms with Crippen molar-refractivity contribution in [3.05, 3.63) is 64.7 Å². The number of rotatable bonds is 3. The van der Waals surface area contributed by atoms with Gasteiger partial charge >= 0.3 is 6.18 Å². The van der Waals surface area contributed by atoms with Gasteiger partial charge in [-0.1, -0.05) is 6.07 Å². The molecule has 3 rings (SSSR count). The quantitative estimate of drug-likeness (QED) is 0.704. The Morgan fingerprint density at radius 3 is 2.58 bits per heavy atom. The van der Waals surface area contributed by atoms with Gasteiger partial charge in [0.25, 0.3) is 5.56 Å². The topological polar surface area (TPSA) is 86.3 Å². The van der Waals surface area contributed by atoms with Crippen LogP contribution < -0.4 is 5.56 Å². The average molecular weight is 333 g/mol. The molecule has 9 heteroatoms. The number of nitrogens with one attached hydrogen (secondary N) is 2. The van der Waals surface area contributed by atoms with Crippen molar-refractivity contribution in [2.75, 3.05) is 0 Å². The summed E-state index contributed by atoms with van der Waals surface area (Å²) in [6.07, 6.45) is -1.39. The molecule has 122 valence electrons. The molecule has 0 aliphatic carbocycles. The number of aromatic nitrogens is 3. The molecule has 0 aliphatic heterocycles. The van der Waals surface area contributed by atoms with Crippen LogP contribution in [0, 0.1) is 0 Å². The molecule has 6 nitrogen and oxygen atoms in total. The second-order valence-corrected chi connectivity index (χ2v) is 4.79. The van der Waals surface area contributed by atoms with E-state index in [1.54, 1.807) is 18.3 Å². The van der Waals surface area contributed by atoms with E-state index in [1.807, 2.05) is 0 Å². The predicted molar refractivity (Wildman–Crippen MR) is 80.3 cm³/mol. The molecule has 0 spiro atoms. The lowest BCUT2D eigenvalue weighted by atomic mass is 10.2. The standard InChI is InChI=1S/C15H10F3N5O/c16-15(17,18)10-4-1-5-11(7-10)20-22-13-12(21-23-14(13)24)9-3-2-6-19-8-9/h1-8H,(H2,21,23,24). The third-order valence-corrected chi connectivity index (χ3v) is 3.14. The van der Waals surface area contributed by atoms with E-state index < -0.39 is 17.3 Å². The van der Waals surface area contributed by atoms with Gasteiger partial charge in [-0.25, -0.2) is 0 Å². The molecule has 2 heterocycles. The highest BCUT2D eigenvalue weighted by atomic mass is 19.4. The molecule has 0 amide bonds.